The number of methoxy groups -OCH3 is 1. The third-order valence-electron chi connectivity index (χ3n) is 1.04. The van der Waals surface area contributed by atoms with E-state index in [0.717, 1.165) is 12.1 Å². The molecule has 0 aromatic rings. The highest BCUT2D eigenvalue weighted by Gasteiger charge is 1.93. The average Bonchev–Trinajstić information content (AvgIpc) is 1.99. The molecule has 0 atom stereocenters. The summed E-state index contributed by atoms with van der Waals surface area (Å²) in [5, 5.41) is 3.71. The van der Waals surface area contributed by atoms with Gasteiger partial charge in [-0.05, 0) is 13.3 Å². The molecule has 0 aromatic carbocycles. The van der Waals surface area contributed by atoms with Crippen molar-refractivity contribution in [3.8, 4) is 0 Å². The first-order chi connectivity index (χ1) is 4.70. The Morgan fingerprint density at radius 1 is 1.70 bits per heavy atom. The molecule has 0 aliphatic heterocycles. The van der Waals surface area contributed by atoms with E-state index in [2.05, 4.69) is 15.3 Å². The quantitative estimate of drug-likeness (QED) is 0.466. The number of carbonyl (C=O) groups is 1. The number of ether oxygens (including phenoxy) is 1. The fourth-order valence-corrected chi connectivity index (χ4v) is 0.266. The fourth-order valence-electron chi connectivity index (χ4n) is 0.266. The second-order valence-corrected chi connectivity index (χ2v) is 1.80. The molecular formula is C6H12N2O2. The van der Waals surface area contributed by atoms with E-state index >= 15 is 0 Å². The third kappa shape index (κ3) is 3.88. The van der Waals surface area contributed by atoms with E-state index in [4.69, 9.17) is 0 Å². The van der Waals surface area contributed by atoms with E-state index in [1.807, 2.05) is 13.8 Å². The number of carbonyl (C=O) groups excluding carboxylic acids is 1. The Balaban J connectivity index is 3.61. The number of hydrogen-bond acceptors (Lipinski definition) is 3. The smallest absolute Gasteiger partial charge is 0.427 e. The standard InChI is InChI=1S/C6H12N2O2/c1-4-5(2)7-8-6(9)10-3/h4H2,1-3H3,(H,8,9)/b7-5+. The maximum absolute atomic E-state index is 10.4. The normalized spacial score (nSPS) is 10.9. The molecule has 1 N–H and O–H groups in total. The zero-order valence-electron chi connectivity index (χ0n) is 6.47. The largest absolute Gasteiger partial charge is 0.452 e. The van der Waals surface area contributed by atoms with Crippen LogP contribution in [0.4, 0.5) is 4.79 Å². The minimum atomic E-state index is -0.534. The topological polar surface area (TPSA) is 50.7 Å². The fraction of sp³-hybridized carbons (Fsp3) is 0.667. The Morgan fingerprint density at radius 3 is 2.70 bits per heavy atom. The SMILES string of the molecule is CC/C(C)=N/NC(=O)OC. The summed E-state index contributed by atoms with van der Waals surface area (Å²) in [7, 11) is 1.30. The van der Waals surface area contributed by atoms with Gasteiger partial charge in [0.2, 0.25) is 0 Å². The van der Waals surface area contributed by atoms with Gasteiger partial charge in [-0.25, -0.2) is 10.2 Å². The molecule has 0 aliphatic carbocycles. The summed E-state index contributed by atoms with van der Waals surface area (Å²) in [5.74, 6) is 0. The van der Waals surface area contributed by atoms with Crippen LogP contribution in [0.1, 0.15) is 20.3 Å². The predicted molar refractivity (Wildman–Crippen MR) is 38.9 cm³/mol. The van der Waals surface area contributed by atoms with Gasteiger partial charge in [-0.3, -0.25) is 0 Å². The van der Waals surface area contributed by atoms with Crippen LogP contribution in [0.3, 0.4) is 0 Å². The molecule has 0 fully saturated rings. The van der Waals surface area contributed by atoms with Crippen LogP contribution < -0.4 is 5.43 Å². The maximum Gasteiger partial charge on any atom is 0.427 e. The van der Waals surface area contributed by atoms with Gasteiger partial charge in [-0.1, -0.05) is 6.92 Å². The summed E-state index contributed by atoms with van der Waals surface area (Å²) >= 11 is 0. The van der Waals surface area contributed by atoms with Crippen molar-refractivity contribution in [1.29, 1.82) is 0 Å². The van der Waals surface area contributed by atoms with Crippen molar-refractivity contribution >= 4 is 11.8 Å². The molecule has 0 saturated carbocycles. The number of nitrogens with zero attached hydrogens (tertiary/aromatic N) is 1. The van der Waals surface area contributed by atoms with Crippen LogP contribution in [-0.4, -0.2) is 18.9 Å². The first kappa shape index (κ1) is 8.94. The van der Waals surface area contributed by atoms with Gasteiger partial charge in [0.1, 0.15) is 0 Å². The minimum absolute atomic E-state index is 0.534. The molecular weight excluding hydrogens is 132 g/mol. The maximum atomic E-state index is 10.4. The van der Waals surface area contributed by atoms with Crippen molar-refractivity contribution in [3.63, 3.8) is 0 Å². The monoisotopic (exact) mass is 144 g/mol. The van der Waals surface area contributed by atoms with Crippen LogP contribution in [0.25, 0.3) is 0 Å². The molecule has 0 aromatic heterocycles. The van der Waals surface area contributed by atoms with Crippen molar-refractivity contribution in [2.45, 2.75) is 20.3 Å². The van der Waals surface area contributed by atoms with Crippen LogP contribution in [0, 0.1) is 0 Å². The lowest BCUT2D eigenvalue weighted by Gasteiger charge is -1.96. The van der Waals surface area contributed by atoms with Gasteiger partial charge in [0.15, 0.2) is 0 Å². The molecule has 4 heteroatoms. The third-order valence-corrected chi connectivity index (χ3v) is 1.04. The summed E-state index contributed by atoms with van der Waals surface area (Å²) in [6.07, 6.45) is 0.289. The minimum Gasteiger partial charge on any atom is -0.452 e. The zero-order valence-corrected chi connectivity index (χ0v) is 6.47. The molecule has 0 heterocycles. The van der Waals surface area contributed by atoms with Gasteiger partial charge in [-0.15, -0.1) is 0 Å². The Labute approximate surface area is 60.3 Å². The Morgan fingerprint density at radius 2 is 2.30 bits per heavy atom. The molecule has 0 unspecified atom stereocenters. The molecule has 0 radical (unpaired) electrons. The van der Waals surface area contributed by atoms with E-state index in [1.54, 1.807) is 0 Å². The first-order valence-electron chi connectivity index (χ1n) is 3.07. The van der Waals surface area contributed by atoms with E-state index in [9.17, 15) is 4.79 Å². The van der Waals surface area contributed by atoms with Crippen LogP contribution in [0.15, 0.2) is 5.10 Å². The first-order valence-corrected chi connectivity index (χ1v) is 3.07. The Kier molecular flexibility index (Phi) is 4.28. The number of hydrogen-bond donors (Lipinski definition) is 1. The summed E-state index contributed by atoms with van der Waals surface area (Å²) < 4.78 is 4.29. The van der Waals surface area contributed by atoms with Crippen LogP contribution in [0.2, 0.25) is 0 Å². The molecule has 1 amide bonds. The number of nitrogens with one attached hydrogen (secondary N) is 1. The van der Waals surface area contributed by atoms with Crippen LogP contribution in [-0.2, 0) is 4.74 Å². The average molecular weight is 144 g/mol. The highest BCUT2D eigenvalue weighted by molar-refractivity contribution is 5.82. The van der Waals surface area contributed by atoms with Crippen molar-refractivity contribution < 1.29 is 9.53 Å². The van der Waals surface area contributed by atoms with Gasteiger partial charge >= 0.3 is 6.09 Å². The van der Waals surface area contributed by atoms with E-state index in [-0.39, 0.29) is 0 Å². The van der Waals surface area contributed by atoms with Crippen molar-refractivity contribution in [1.82, 2.24) is 5.43 Å². The lowest BCUT2D eigenvalue weighted by Crippen LogP contribution is -2.18. The molecule has 0 spiro atoms. The number of hydrazone groups is 1. The molecule has 0 saturated heterocycles. The van der Waals surface area contributed by atoms with Crippen molar-refractivity contribution in [2.75, 3.05) is 7.11 Å². The number of amides is 1. The molecule has 0 rings (SSSR count). The molecule has 0 bridgehead atoms. The molecule has 10 heavy (non-hydrogen) atoms. The lowest BCUT2D eigenvalue weighted by molar-refractivity contribution is 0.171. The van der Waals surface area contributed by atoms with E-state index in [0.29, 0.717) is 0 Å². The van der Waals surface area contributed by atoms with E-state index < -0.39 is 6.09 Å². The second kappa shape index (κ2) is 4.78. The summed E-state index contributed by atoms with van der Waals surface area (Å²) in [6, 6.07) is 0. The summed E-state index contributed by atoms with van der Waals surface area (Å²) in [4.78, 5) is 10.4. The van der Waals surface area contributed by atoms with Gasteiger partial charge in [0, 0.05) is 5.71 Å². The lowest BCUT2D eigenvalue weighted by atomic mass is 10.3. The van der Waals surface area contributed by atoms with Gasteiger partial charge in [0.25, 0.3) is 0 Å². The van der Waals surface area contributed by atoms with Crippen molar-refractivity contribution in [3.05, 3.63) is 0 Å². The van der Waals surface area contributed by atoms with Gasteiger partial charge in [0.05, 0.1) is 7.11 Å². The predicted octanol–water partition coefficient (Wildman–Crippen LogP) is 1.13. The number of rotatable bonds is 2. The summed E-state index contributed by atoms with van der Waals surface area (Å²) in [6.45, 7) is 3.79. The van der Waals surface area contributed by atoms with Gasteiger partial charge < -0.3 is 4.74 Å². The van der Waals surface area contributed by atoms with Crippen LogP contribution in [0.5, 0.6) is 0 Å². The second-order valence-electron chi connectivity index (χ2n) is 1.80. The van der Waals surface area contributed by atoms with Crippen molar-refractivity contribution in [2.24, 2.45) is 5.10 Å². The molecule has 58 valence electrons. The Hall–Kier alpha value is -1.06. The molecule has 4 nitrogen and oxygen atoms in total. The summed E-state index contributed by atoms with van der Waals surface area (Å²) in [5.41, 5.74) is 3.08. The Bertz CT molecular complexity index is 143. The van der Waals surface area contributed by atoms with Gasteiger partial charge in [-0.2, -0.15) is 5.10 Å². The zero-order chi connectivity index (χ0) is 7.98. The highest BCUT2D eigenvalue weighted by atomic mass is 16.5. The van der Waals surface area contributed by atoms with Crippen LogP contribution >= 0.6 is 0 Å². The highest BCUT2D eigenvalue weighted by Crippen LogP contribution is 1.81. The van der Waals surface area contributed by atoms with E-state index in [1.165, 1.54) is 7.11 Å². The molecule has 0 aliphatic rings.